The third-order valence-corrected chi connectivity index (χ3v) is 6.85. The second-order valence-electron chi connectivity index (χ2n) is 6.60. The molecule has 0 aliphatic carbocycles. The summed E-state index contributed by atoms with van der Waals surface area (Å²) in [6.07, 6.45) is 0.883. The molecule has 24 heavy (non-hydrogen) atoms. The lowest BCUT2D eigenvalue weighted by molar-refractivity contribution is 0.488. The maximum atomic E-state index is 11.1. The van der Waals surface area contributed by atoms with Gasteiger partial charge in [-0.05, 0) is 22.7 Å². The first-order valence-corrected chi connectivity index (χ1v) is 9.19. The van der Waals surface area contributed by atoms with Crippen LogP contribution < -0.4 is 32.9 Å². The topological polar surface area (TPSA) is 46.2 Å². The summed E-state index contributed by atoms with van der Waals surface area (Å²) in [5.74, 6) is 0.309. The number of aromatic hydroxyl groups is 1. The number of phenolic OH excluding ortho intramolecular Hbond substituents is 1. The fraction of sp³-hybridized carbons (Fsp3) is 0.125. The van der Waals surface area contributed by atoms with Crippen molar-refractivity contribution in [3.8, 4) is 5.75 Å². The standard InChI is InChI=1S/C16H20B4NOPS/c1-2-4-6(17)3-5-7(13(4)21)10(18)8-9(14(5)22)12(20)16(24)15(23)11(8)19/h3,22,24H,2,17-21,23H2,1H3. The second-order valence-corrected chi connectivity index (χ2v) is 7.62. The molecule has 0 spiro atoms. The van der Waals surface area contributed by atoms with Crippen LogP contribution in [0.25, 0.3) is 21.5 Å². The maximum absolute atomic E-state index is 11.1. The fourth-order valence-electron chi connectivity index (χ4n) is 3.98. The van der Waals surface area contributed by atoms with Gasteiger partial charge in [-0.1, -0.05) is 34.8 Å². The molecule has 0 amide bonds. The van der Waals surface area contributed by atoms with Crippen molar-refractivity contribution < 1.29 is 5.11 Å². The number of anilines is 1. The van der Waals surface area contributed by atoms with E-state index < -0.39 is 0 Å². The summed E-state index contributed by atoms with van der Waals surface area (Å²) in [5.41, 5.74) is 12.8. The van der Waals surface area contributed by atoms with Crippen molar-refractivity contribution in [2.75, 3.05) is 5.73 Å². The fourth-order valence-corrected chi connectivity index (χ4v) is 4.62. The van der Waals surface area contributed by atoms with E-state index in [2.05, 4.69) is 58.4 Å². The van der Waals surface area contributed by atoms with Crippen LogP contribution in [0.2, 0.25) is 0 Å². The van der Waals surface area contributed by atoms with E-state index in [0.717, 1.165) is 71.3 Å². The van der Waals surface area contributed by atoms with E-state index in [9.17, 15) is 5.11 Å². The molecule has 0 aliphatic rings. The molecule has 1 unspecified atom stereocenters. The third kappa shape index (κ3) is 2.21. The van der Waals surface area contributed by atoms with E-state index in [-0.39, 0.29) is 0 Å². The predicted octanol–water partition coefficient (Wildman–Crippen LogP) is -3.33. The van der Waals surface area contributed by atoms with Crippen LogP contribution >= 0.6 is 21.9 Å². The quantitative estimate of drug-likeness (QED) is 0.142. The van der Waals surface area contributed by atoms with Crippen LogP contribution in [0.15, 0.2) is 11.0 Å². The van der Waals surface area contributed by atoms with Crippen LogP contribution in [0.3, 0.4) is 0 Å². The van der Waals surface area contributed by atoms with Gasteiger partial charge in [0.15, 0.2) is 0 Å². The molecule has 0 bridgehead atoms. The Hall–Kier alpha value is -1.18. The maximum Gasteiger partial charge on any atom is 0.141 e. The first-order chi connectivity index (χ1) is 11.2. The van der Waals surface area contributed by atoms with Crippen molar-refractivity contribution >= 4 is 108 Å². The number of benzene rings is 3. The molecule has 3 rings (SSSR count). The van der Waals surface area contributed by atoms with Gasteiger partial charge in [0.2, 0.25) is 0 Å². The molecule has 0 saturated heterocycles. The molecule has 0 aromatic heterocycles. The van der Waals surface area contributed by atoms with Gasteiger partial charge >= 0.3 is 0 Å². The number of hydrogen-bond acceptors (Lipinski definition) is 3. The highest BCUT2D eigenvalue weighted by Gasteiger charge is 2.20. The first kappa shape index (κ1) is 17.6. The second kappa shape index (κ2) is 5.96. The molecule has 0 heterocycles. The number of phenols is 1. The van der Waals surface area contributed by atoms with Crippen molar-refractivity contribution in [2.24, 2.45) is 0 Å². The van der Waals surface area contributed by atoms with Gasteiger partial charge < -0.3 is 10.8 Å². The molecule has 118 valence electrons. The average Bonchev–Trinajstić information content (AvgIpc) is 2.53. The van der Waals surface area contributed by atoms with Gasteiger partial charge in [-0.2, -0.15) is 0 Å². The zero-order valence-corrected chi connectivity index (χ0v) is 16.9. The third-order valence-electron chi connectivity index (χ3n) is 5.31. The highest BCUT2D eigenvalue weighted by atomic mass is 32.1. The monoisotopic (exact) mass is 349 g/mol. The molecule has 3 aromatic rings. The number of nitrogens with two attached hydrogens (primary N) is 1. The molecule has 8 heteroatoms. The molecule has 0 saturated carbocycles. The molecular formula is C16H20B4NOPS. The van der Waals surface area contributed by atoms with Crippen molar-refractivity contribution in [1.29, 1.82) is 0 Å². The minimum atomic E-state index is 0.309. The largest absolute Gasteiger partial charge is 0.507 e. The van der Waals surface area contributed by atoms with Gasteiger partial charge in [0, 0.05) is 26.7 Å². The van der Waals surface area contributed by atoms with Crippen LogP contribution in [0.1, 0.15) is 12.5 Å². The molecular weight excluding hydrogens is 328 g/mol. The minimum absolute atomic E-state index is 0.309. The molecule has 0 fully saturated rings. The van der Waals surface area contributed by atoms with Gasteiger partial charge in [-0.25, -0.2) is 0 Å². The predicted molar refractivity (Wildman–Crippen MR) is 126 cm³/mol. The van der Waals surface area contributed by atoms with Crippen molar-refractivity contribution in [3.63, 3.8) is 0 Å². The number of hydrogen-bond donors (Lipinski definition) is 3. The van der Waals surface area contributed by atoms with Crippen LogP contribution in [0, 0.1) is 0 Å². The van der Waals surface area contributed by atoms with Crippen molar-refractivity contribution in [1.82, 2.24) is 0 Å². The Bertz CT molecular complexity index is 1040. The Morgan fingerprint density at radius 1 is 1.08 bits per heavy atom. The zero-order chi connectivity index (χ0) is 17.9. The number of nitrogen functional groups attached to an aromatic ring is 1. The van der Waals surface area contributed by atoms with Crippen molar-refractivity contribution in [2.45, 2.75) is 18.2 Å². The Morgan fingerprint density at radius 2 is 1.71 bits per heavy atom. The number of rotatable bonds is 1. The van der Waals surface area contributed by atoms with E-state index in [4.69, 9.17) is 5.73 Å². The highest BCUT2D eigenvalue weighted by Crippen LogP contribution is 2.34. The van der Waals surface area contributed by atoms with Gasteiger partial charge in [-0.15, -0.1) is 21.9 Å². The smallest absolute Gasteiger partial charge is 0.141 e. The Balaban J connectivity index is 2.73. The van der Waals surface area contributed by atoms with Crippen LogP contribution in [-0.4, -0.2) is 36.5 Å². The lowest BCUT2D eigenvalue weighted by atomic mass is 9.73. The van der Waals surface area contributed by atoms with Gasteiger partial charge in [0.1, 0.15) is 37.1 Å². The summed E-state index contributed by atoms with van der Waals surface area (Å²) < 4.78 is 0. The minimum Gasteiger partial charge on any atom is -0.507 e. The van der Waals surface area contributed by atoms with E-state index in [1.165, 1.54) is 0 Å². The summed E-state index contributed by atoms with van der Waals surface area (Å²) in [6.45, 7) is 2.12. The first-order valence-electron chi connectivity index (χ1n) is 8.16. The average molecular weight is 349 g/mol. The van der Waals surface area contributed by atoms with Gasteiger partial charge in [-0.3, -0.25) is 0 Å². The highest BCUT2D eigenvalue weighted by molar-refractivity contribution is 7.81. The Labute approximate surface area is 154 Å². The molecule has 0 radical (unpaired) electrons. The van der Waals surface area contributed by atoms with E-state index in [1.54, 1.807) is 0 Å². The molecule has 3 aromatic carbocycles. The van der Waals surface area contributed by atoms with Crippen LogP contribution in [0.4, 0.5) is 5.69 Å². The summed E-state index contributed by atoms with van der Waals surface area (Å²) in [4.78, 5) is 0.911. The normalized spacial score (nSPS) is 11.5. The number of fused-ring (bicyclic) bond motifs is 2. The van der Waals surface area contributed by atoms with Crippen LogP contribution in [0.5, 0.6) is 5.75 Å². The van der Waals surface area contributed by atoms with E-state index >= 15 is 0 Å². The van der Waals surface area contributed by atoms with Crippen molar-refractivity contribution in [3.05, 3.63) is 11.6 Å². The summed E-state index contributed by atoms with van der Waals surface area (Å²) in [7, 11) is 11.0. The van der Waals surface area contributed by atoms with Gasteiger partial charge in [0.05, 0.1) is 0 Å². The Kier molecular flexibility index (Phi) is 4.38. The molecule has 1 atom stereocenters. The van der Waals surface area contributed by atoms with E-state index in [0.29, 0.717) is 5.75 Å². The van der Waals surface area contributed by atoms with Gasteiger partial charge in [0.25, 0.3) is 0 Å². The molecule has 3 N–H and O–H groups in total. The zero-order valence-electron chi connectivity index (χ0n) is 14.8. The lowest BCUT2D eigenvalue weighted by Crippen LogP contribution is -2.33. The molecule has 0 aliphatic heterocycles. The Morgan fingerprint density at radius 3 is 2.29 bits per heavy atom. The SMILES string of the molecule is Bc1cc2c(O)c3c(B)c(S)c(P)c(B)c3c(B)c2c(N)c1CC. The lowest BCUT2D eigenvalue weighted by Gasteiger charge is -2.22. The van der Waals surface area contributed by atoms with E-state index in [1.807, 2.05) is 7.85 Å². The molecule has 2 nitrogen and oxygen atoms in total. The number of thiol groups is 1. The summed E-state index contributed by atoms with van der Waals surface area (Å²) in [6, 6.07) is 2.06. The summed E-state index contributed by atoms with van der Waals surface area (Å²) >= 11 is 4.65. The van der Waals surface area contributed by atoms with Crippen LogP contribution in [-0.2, 0) is 6.42 Å². The summed E-state index contributed by atoms with van der Waals surface area (Å²) in [5, 5.41) is 15.9.